The molecule has 0 aliphatic heterocycles. The summed E-state index contributed by atoms with van der Waals surface area (Å²) in [6, 6.07) is 8.43. The zero-order chi connectivity index (χ0) is 12.1. The molecule has 1 aromatic rings. The Morgan fingerprint density at radius 2 is 2.12 bits per heavy atom. The molecule has 3 heteroatoms. The normalized spacial score (nSPS) is 12.2. The Hall–Kier alpha value is -1.53. The van der Waals surface area contributed by atoms with E-state index in [4.69, 9.17) is 10.00 Å². The molecule has 3 nitrogen and oxygen atoms in total. The van der Waals surface area contributed by atoms with Gasteiger partial charge in [-0.2, -0.15) is 5.26 Å². The molecule has 0 saturated heterocycles. The molecule has 0 aliphatic carbocycles. The van der Waals surface area contributed by atoms with Gasteiger partial charge in [-0.05, 0) is 38.2 Å². The molecule has 0 heterocycles. The minimum Gasteiger partial charge on any atom is -0.496 e. The molecule has 0 bridgehead atoms. The molecule has 0 aliphatic rings. The van der Waals surface area contributed by atoms with Crippen molar-refractivity contribution in [3.05, 3.63) is 29.3 Å². The van der Waals surface area contributed by atoms with Crippen molar-refractivity contribution < 1.29 is 4.74 Å². The van der Waals surface area contributed by atoms with E-state index in [0.29, 0.717) is 6.42 Å². The highest BCUT2D eigenvalue weighted by Crippen LogP contribution is 2.26. The molecule has 1 atom stereocenters. The Labute approximate surface area is 97.3 Å². The van der Waals surface area contributed by atoms with E-state index in [1.54, 1.807) is 7.11 Å². The van der Waals surface area contributed by atoms with Gasteiger partial charge in [0.25, 0.3) is 0 Å². The third-order valence-electron chi connectivity index (χ3n) is 2.71. The summed E-state index contributed by atoms with van der Waals surface area (Å²) in [5.74, 6) is 0.887. The number of aryl methyl sites for hydroxylation is 1. The molecular formula is C13H18N2O. The van der Waals surface area contributed by atoms with Crippen molar-refractivity contribution in [1.82, 2.24) is 4.90 Å². The standard InChI is InChI=1S/C13H18N2O/c1-10-9-11(5-6-13(10)16-4)12(7-8-14)15(2)3/h5-6,9,12H,7H2,1-4H3. The second-order valence-corrected chi connectivity index (χ2v) is 4.07. The highest BCUT2D eigenvalue weighted by atomic mass is 16.5. The summed E-state index contributed by atoms with van der Waals surface area (Å²) in [6.07, 6.45) is 0.499. The number of hydrogen-bond donors (Lipinski definition) is 0. The van der Waals surface area contributed by atoms with E-state index in [-0.39, 0.29) is 6.04 Å². The van der Waals surface area contributed by atoms with E-state index in [2.05, 4.69) is 17.0 Å². The smallest absolute Gasteiger partial charge is 0.121 e. The zero-order valence-electron chi connectivity index (χ0n) is 10.3. The molecule has 1 unspecified atom stereocenters. The van der Waals surface area contributed by atoms with Crippen LogP contribution in [-0.4, -0.2) is 26.1 Å². The maximum absolute atomic E-state index is 8.82. The van der Waals surface area contributed by atoms with Crippen molar-refractivity contribution in [2.75, 3.05) is 21.2 Å². The second-order valence-electron chi connectivity index (χ2n) is 4.07. The quantitative estimate of drug-likeness (QED) is 0.779. The fraction of sp³-hybridized carbons (Fsp3) is 0.462. The summed E-state index contributed by atoms with van der Waals surface area (Å²) in [4.78, 5) is 2.06. The van der Waals surface area contributed by atoms with Crippen LogP contribution < -0.4 is 4.74 Å². The van der Waals surface area contributed by atoms with Gasteiger partial charge in [0, 0.05) is 6.04 Å². The van der Waals surface area contributed by atoms with E-state index in [0.717, 1.165) is 16.9 Å². The molecule has 0 fully saturated rings. The lowest BCUT2D eigenvalue weighted by molar-refractivity contribution is 0.303. The fourth-order valence-electron chi connectivity index (χ4n) is 1.79. The van der Waals surface area contributed by atoms with Crippen LogP contribution in [0, 0.1) is 18.3 Å². The fourth-order valence-corrected chi connectivity index (χ4v) is 1.79. The van der Waals surface area contributed by atoms with Crippen molar-refractivity contribution in [3.63, 3.8) is 0 Å². The number of rotatable bonds is 4. The Balaban J connectivity index is 3.02. The molecule has 16 heavy (non-hydrogen) atoms. The van der Waals surface area contributed by atoms with Crippen LogP contribution in [0.3, 0.4) is 0 Å². The molecule has 0 N–H and O–H groups in total. The van der Waals surface area contributed by atoms with Crippen molar-refractivity contribution in [3.8, 4) is 11.8 Å². The summed E-state index contributed by atoms with van der Waals surface area (Å²) in [7, 11) is 5.64. The minimum atomic E-state index is 0.148. The van der Waals surface area contributed by atoms with E-state index >= 15 is 0 Å². The van der Waals surface area contributed by atoms with E-state index in [9.17, 15) is 0 Å². The maximum Gasteiger partial charge on any atom is 0.121 e. The van der Waals surface area contributed by atoms with E-state index in [1.165, 1.54) is 0 Å². The zero-order valence-corrected chi connectivity index (χ0v) is 10.3. The SMILES string of the molecule is COc1ccc(C(CC#N)N(C)C)cc1C. The number of nitrogens with zero attached hydrogens (tertiary/aromatic N) is 2. The number of hydrogen-bond acceptors (Lipinski definition) is 3. The van der Waals surface area contributed by atoms with Gasteiger partial charge in [-0.3, -0.25) is 0 Å². The average molecular weight is 218 g/mol. The lowest BCUT2D eigenvalue weighted by atomic mass is 10.0. The molecule has 86 valence electrons. The van der Waals surface area contributed by atoms with Gasteiger partial charge >= 0.3 is 0 Å². The van der Waals surface area contributed by atoms with Crippen molar-refractivity contribution in [2.24, 2.45) is 0 Å². The molecule has 0 saturated carbocycles. The van der Waals surface area contributed by atoms with Crippen LogP contribution in [0.1, 0.15) is 23.6 Å². The number of ether oxygens (including phenoxy) is 1. The van der Waals surface area contributed by atoms with Crippen molar-refractivity contribution in [1.29, 1.82) is 5.26 Å². The molecule has 0 amide bonds. The summed E-state index contributed by atoms with van der Waals surface area (Å²) < 4.78 is 5.22. The van der Waals surface area contributed by atoms with E-state index in [1.807, 2.05) is 33.2 Å². The van der Waals surface area contributed by atoms with Crippen LogP contribution in [0.4, 0.5) is 0 Å². The van der Waals surface area contributed by atoms with Gasteiger partial charge < -0.3 is 9.64 Å². The first-order valence-electron chi connectivity index (χ1n) is 5.28. The second kappa shape index (κ2) is 5.53. The van der Waals surface area contributed by atoms with Crippen LogP contribution in [0.2, 0.25) is 0 Å². The average Bonchev–Trinajstić information content (AvgIpc) is 2.25. The molecule has 1 rings (SSSR count). The Kier molecular flexibility index (Phi) is 4.33. The summed E-state index contributed by atoms with van der Waals surface area (Å²) in [6.45, 7) is 2.02. The number of nitriles is 1. The van der Waals surface area contributed by atoms with Gasteiger partial charge in [-0.25, -0.2) is 0 Å². The molecule has 0 aromatic heterocycles. The van der Waals surface area contributed by atoms with Gasteiger partial charge in [0.15, 0.2) is 0 Å². The monoisotopic (exact) mass is 218 g/mol. The Bertz CT molecular complexity index is 393. The maximum atomic E-state index is 8.82. The predicted molar refractivity (Wildman–Crippen MR) is 64.4 cm³/mol. The van der Waals surface area contributed by atoms with Crippen LogP contribution in [-0.2, 0) is 0 Å². The van der Waals surface area contributed by atoms with Crippen LogP contribution >= 0.6 is 0 Å². The largest absolute Gasteiger partial charge is 0.496 e. The Morgan fingerprint density at radius 1 is 1.44 bits per heavy atom. The number of methoxy groups -OCH3 is 1. The van der Waals surface area contributed by atoms with Gasteiger partial charge in [0.05, 0.1) is 19.6 Å². The summed E-state index contributed by atoms with van der Waals surface area (Å²) >= 11 is 0. The molecule has 0 spiro atoms. The number of benzene rings is 1. The van der Waals surface area contributed by atoms with Crippen molar-refractivity contribution >= 4 is 0 Å². The third-order valence-corrected chi connectivity index (χ3v) is 2.71. The van der Waals surface area contributed by atoms with Crippen LogP contribution in [0.25, 0.3) is 0 Å². The van der Waals surface area contributed by atoms with Gasteiger partial charge in [0.1, 0.15) is 5.75 Å². The van der Waals surface area contributed by atoms with Gasteiger partial charge in [-0.15, -0.1) is 0 Å². The minimum absolute atomic E-state index is 0.148. The summed E-state index contributed by atoms with van der Waals surface area (Å²) in [5.41, 5.74) is 2.26. The summed E-state index contributed by atoms with van der Waals surface area (Å²) in [5, 5.41) is 8.82. The predicted octanol–water partition coefficient (Wildman–Crippen LogP) is 2.52. The lowest BCUT2D eigenvalue weighted by Gasteiger charge is -2.22. The highest BCUT2D eigenvalue weighted by molar-refractivity contribution is 5.37. The molecule has 1 aromatic carbocycles. The van der Waals surface area contributed by atoms with Crippen molar-refractivity contribution in [2.45, 2.75) is 19.4 Å². The first-order valence-corrected chi connectivity index (χ1v) is 5.28. The van der Waals surface area contributed by atoms with E-state index < -0.39 is 0 Å². The van der Waals surface area contributed by atoms with Crippen LogP contribution in [0.5, 0.6) is 5.75 Å². The first kappa shape index (κ1) is 12.5. The topological polar surface area (TPSA) is 36.3 Å². The molecular weight excluding hydrogens is 200 g/mol. The van der Waals surface area contributed by atoms with Gasteiger partial charge in [0.2, 0.25) is 0 Å². The van der Waals surface area contributed by atoms with Gasteiger partial charge in [-0.1, -0.05) is 12.1 Å². The Morgan fingerprint density at radius 3 is 2.56 bits per heavy atom. The highest BCUT2D eigenvalue weighted by Gasteiger charge is 2.14. The molecule has 0 radical (unpaired) electrons. The lowest BCUT2D eigenvalue weighted by Crippen LogP contribution is -2.19. The third kappa shape index (κ3) is 2.74. The first-order chi connectivity index (χ1) is 7.60. The van der Waals surface area contributed by atoms with Crippen LogP contribution in [0.15, 0.2) is 18.2 Å².